The molecule has 0 aliphatic carbocycles. The fourth-order valence-electron chi connectivity index (χ4n) is 2.55. The highest BCUT2D eigenvalue weighted by Gasteiger charge is 2.21. The molecular formula is C21H28N2O5S. The number of amides is 1. The van der Waals surface area contributed by atoms with Gasteiger partial charge in [0, 0.05) is 12.7 Å². The largest absolute Gasteiger partial charge is 0.481 e. The maximum absolute atomic E-state index is 12.5. The van der Waals surface area contributed by atoms with Crippen LogP contribution in [-0.4, -0.2) is 39.1 Å². The van der Waals surface area contributed by atoms with Crippen LogP contribution < -0.4 is 10.1 Å². The van der Waals surface area contributed by atoms with Crippen molar-refractivity contribution in [2.45, 2.75) is 44.6 Å². The van der Waals surface area contributed by atoms with Gasteiger partial charge in [-0.1, -0.05) is 30.4 Å². The van der Waals surface area contributed by atoms with E-state index in [1.807, 2.05) is 25.1 Å². The van der Waals surface area contributed by atoms with E-state index in [1.165, 1.54) is 38.4 Å². The van der Waals surface area contributed by atoms with Crippen LogP contribution >= 0.6 is 0 Å². The van der Waals surface area contributed by atoms with Gasteiger partial charge in [0.1, 0.15) is 5.75 Å². The van der Waals surface area contributed by atoms with Gasteiger partial charge >= 0.3 is 0 Å². The zero-order chi connectivity index (χ0) is 21.8. The summed E-state index contributed by atoms with van der Waals surface area (Å²) in [5, 5.41) is 2.74. The lowest BCUT2D eigenvalue weighted by Crippen LogP contribution is -2.30. The Morgan fingerprint density at radius 2 is 1.69 bits per heavy atom. The van der Waals surface area contributed by atoms with Crippen LogP contribution in [0, 0.1) is 6.92 Å². The van der Waals surface area contributed by atoms with E-state index >= 15 is 0 Å². The number of sulfonamides is 1. The van der Waals surface area contributed by atoms with Crippen LogP contribution in [0.2, 0.25) is 0 Å². The number of carbonyl (C=O) groups excluding carboxylic acids is 1. The van der Waals surface area contributed by atoms with Crippen LogP contribution in [0.25, 0.3) is 0 Å². The van der Waals surface area contributed by atoms with Crippen molar-refractivity contribution >= 4 is 21.6 Å². The zero-order valence-corrected chi connectivity index (χ0v) is 18.4. The second kappa shape index (κ2) is 9.39. The summed E-state index contributed by atoms with van der Waals surface area (Å²) in [5.41, 5.74) is 2.55. The average molecular weight is 421 g/mol. The number of carbonyl (C=O) groups is 1. The Balaban J connectivity index is 2.08. The highest BCUT2D eigenvalue weighted by molar-refractivity contribution is 7.89. The van der Waals surface area contributed by atoms with Crippen LogP contribution in [0.15, 0.2) is 47.4 Å². The molecule has 8 heteroatoms. The number of benzene rings is 2. The quantitative estimate of drug-likeness (QED) is 0.658. The maximum Gasteiger partial charge on any atom is 0.265 e. The summed E-state index contributed by atoms with van der Waals surface area (Å²) in [6.07, 6.45) is -0.723. The van der Waals surface area contributed by atoms with Crippen molar-refractivity contribution in [3.05, 3.63) is 53.6 Å². The molecule has 0 spiro atoms. The van der Waals surface area contributed by atoms with Crippen molar-refractivity contribution in [1.29, 1.82) is 0 Å². The predicted molar refractivity (Wildman–Crippen MR) is 112 cm³/mol. The van der Waals surface area contributed by atoms with Gasteiger partial charge in [0.15, 0.2) is 6.10 Å². The molecule has 0 aliphatic rings. The number of nitrogens with zero attached hydrogens (tertiary/aromatic N) is 1. The van der Waals surface area contributed by atoms with Crippen LogP contribution in [0.5, 0.6) is 5.75 Å². The van der Waals surface area contributed by atoms with Crippen molar-refractivity contribution in [1.82, 2.24) is 4.47 Å². The van der Waals surface area contributed by atoms with Crippen molar-refractivity contribution in [2.24, 2.45) is 0 Å². The Morgan fingerprint density at radius 1 is 1.07 bits per heavy atom. The maximum atomic E-state index is 12.5. The van der Waals surface area contributed by atoms with E-state index in [-0.39, 0.29) is 10.8 Å². The highest BCUT2D eigenvalue weighted by atomic mass is 32.2. The van der Waals surface area contributed by atoms with Gasteiger partial charge in [-0.2, -0.15) is 0 Å². The first-order valence-electron chi connectivity index (χ1n) is 9.27. The minimum atomic E-state index is -3.73. The number of hydroxylamine groups is 1. The number of hydrogen-bond donors (Lipinski definition) is 1. The number of rotatable bonds is 8. The predicted octanol–water partition coefficient (Wildman–Crippen LogP) is 3.71. The smallest absolute Gasteiger partial charge is 0.265 e. The molecule has 7 nitrogen and oxygen atoms in total. The summed E-state index contributed by atoms with van der Waals surface area (Å²) in [4.78, 5) is 17.3. The topological polar surface area (TPSA) is 84.9 Å². The summed E-state index contributed by atoms with van der Waals surface area (Å²) in [6, 6.07) is 11.8. The van der Waals surface area contributed by atoms with E-state index in [9.17, 15) is 13.2 Å². The third kappa shape index (κ3) is 5.56. The minimum absolute atomic E-state index is 0.0604. The molecule has 2 rings (SSSR count). The number of hydrogen-bond acceptors (Lipinski definition) is 5. The molecule has 2 aromatic rings. The lowest BCUT2D eigenvalue weighted by molar-refractivity contribution is -0.122. The molecule has 1 N–H and O–H groups in total. The number of ether oxygens (including phenoxy) is 1. The zero-order valence-electron chi connectivity index (χ0n) is 17.6. The highest BCUT2D eigenvalue weighted by Crippen LogP contribution is 2.25. The van der Waals surface area contributed by atoms with Crippen LogP contribution in [-0.2, 0) is 19.7 Å². The Kier molecular flexibility index (Phi) is 7.40. The molecule has 0 aromatic heterocycles. The second-order valence-electron chi connectivity index (χ2n) is 7.05. The van der Waals surface area contributed by atoms with E-state index < -0.39 is 16.1 Å². The van der Waals surface area contributed by atoms with Crippen molar-refractivity contribution in [3.63, 3.8) is 0 Å². The van der Waals surface area contributed by atoms with Crippen LogP contribution in [0.1, 0.15) is 37.8 Å². The molecule has 0 bridgehead atoms. The van der Waals surface area contributed by atoms with Gasteiger partial charge in [0.25, 0.3) is 15.9 Å². The van der Waals surface area contributed by atoms with Crippen LogP contribution in [0.3, 0.4) is 0 Å². The monoisotopic (exact) mass is 420 g/mol. The minimum Gasteiger partial charge on any atom is -0.481 e. The fourth-order valence-corrected chi connectivity index (χ4v) is 3.52. The number of aryl methyl sites for hydroxylation is 1. The van der Waals surface area contributed by atoms with Gasteiger partial charge in [-0.15, -0.1) is 0 Å². The third-order valence-electron chi connectivity index (χ3n) is 4.57. The Morgan fingerprint density at radius 3 is 2.24 bits per heavy atom. The van der Waals surface area contributed by atoms with E-state index in [4.69, 9.17) is 9.57 Å². The summed E-state index contributed by atoms with van der Waals surface area (Å²) >= 11 is 0. The van der Waals surface area contributed by atoms with E-state index in [1.54, 1.807) is 6.92 Å². The van der Waals surface area contributed by atoms with E-state index in [2.05, 4.69) is 19.2 Å². The molecule has 158 valence electrons. The molecule has 1 atom stereocenters. The molecule has 1 amide bonds. The van der Waals surface area contributed by atoms with Crippen LogP contribution in [0.4, 0.5) is 5.69 Å². The Labute approximate surface area is 172 Å². The first-order valence-corrected chi connectivity index (χ1v) is 10.7. The van der Waals surface area contributed by atoms with Gasteiger partial charge in [-0.3, -0.25) is 9.63 Å². The molecule has 0 unspecified atom stereocenters. The van der Waals surface area contributed by atoms with Gasteiger partial charge in [-0.25, -0.2) is 8.42 Å². The average Bonchev–Trinajstić information content (AvgIpc) is 2.69. The molecule has 0 fully saturated rings. The van der Waals surface area contributed by atoms with E-state index in [0.29, 0.717) is 17.4 Å². The molecule has 0 aliphatic heterocycles. The molecule has 0 heterocycles. The molecule has 0 saturated carbocycles. The van der Waals surface area contributed by atoms with Crippen molar-refractivity contribution in [3.8, 4) is 5.75 Å². The summed E-state index contributed by atoms with van der Waals surface area (Å²) < 4.78 is 31.0. The second-order valence-corrected chi connectivity index (χ2v) is 8.99. The standard InChI is InChI=1S/C21H28N2O5S/c1-14(2)17-8-7-15(3)20(13-17)28-16(4)21(24)22-18-9-11-19(12-10-18)29(25,26)23(5)27-6/h7-14,16H,1-6H3,(H,22,24)/t16-/m1/s1. The van der Waals surface area contributed by atoms with Gasteiger partial charge in [0.05, 0.1) is 12.0 Å². The molecule has 2 aromatic carbocycles. The summed E-state index contributed by atoms with van der Waals surface area (Å²) in [7, 11) is -1.16. The Hall–Kier alpha value is -2.42. The third-order valence-corrected chi connectivity index (χ3v) is 6.26. The molecular weight excluding hydrogens is 392 g/mol. The molecule has 29 heavy (non-hydrogen) atoms. The first kappa shape index (κ1) is 22.9. The fraction of sp³-hybridized carbons (Fsp3) is 0.381. The van der Waals surface area contributed by atoms with E-state index in [0.717, 1.165) is 15.6 Å². The molecule has 0 radical (unpaired) electrons. The number of anilines is 1. The number of nitrogens with one attached hydrogen (secondary N) is 1. The van der Waals surface area contributed by atoms with Crippen molar-refractivity contribution in [2.75, 3.05) is 19.5 Å². The van der Waals surface area contributed by atoms with Gasteiger partial charge in [0.2, 0.25) is 0 Å². The summed E-state index contributed by atoms with van der Waals surface area (Å²) in [5.74, 6) is 0.695. The van der Waals surface area contributed by atoms with Gasteiger partial charge in [-0.05, 0) is 61.2 Å². The molecule has 0 saturated heterocycles. The van der Waals surface area contributed by atoms with Gasteiger partial charge < -0.3 is 10.1 Å². The first-order chi connectivity index (χ1) is 13.6. The summed E-state index contributed by atoms with van der Waals surface area (Å²) in [6.45, 7) is 7.79. The van der Waals surface area contributed by atoms with Crippen molar-refractivity contribution < 1.29 is 22.8 Å². The normalized spacial score (nSPS) is 12.8. The lowest BCUT2D eigenvalue weighted by atomic mass is 10.0. The Bertz CT molecular complexity index is 956. The lowest BCUT2D eigenvalue weighted by Gasteiger charge is -2.18. The SMILES string of the molecule is CON(C)S(=O)(=O)c1ccc(NC(=O)[C@@H](C)Oc2cc(C(C)C)ccc2C)cc1.